The number of hydrogen-bond donors (Lipinski definition) is 1. The fourth-order valence-corrected chi connectivity index (χ4v) is 4.75. The molecule has 0 radical (unpaired) electrons. The van der Waals surface area contributed by atoms with E-state index in [0.29, 0.717) is 10.2 Å². The predicted octanol–water partition coefficient (Wildman–Crippen LogP) is 4.80. The quantitative estimate of drug-likeness (QED) is 0.457. The number of hydrogen-bond acceptors (Lipinski definition) is 3. The van der Waals surface area contributed by atoms with Crippen molar-refractivity contribution in [2.45, 2.75) is 25.9 Å². The summed E-state index contributed by atoms with van der Waals surface area (Å²) in [4.78, 5) is 17.3. The van der Waals surface area contributed by atoms with Crippen molar-refractivity contribution in [3.8, 4) is 22.5 Å². The van der Waals surface area contributed by atoms with E-state index in [2.05, 4.69) is 37.8 Å². The zero-order valence-corrected chi connectivity index (χ0v) is 17.8. The van der Waals surface area contributed by atoms with Gasteiger partial charge in [-0.3, -0.25) is 10.1 Å². The molecule has 0 spiro atoms. The summed E-state index contributed by atoms with van der Waals surface area (Å²) in [5.74, 6) is 1.13. The highest BCUT2D eigenvalue weighted by Crippen LogP contribution is 2.27. The maximum absolute atomic E-state index is 12.7. The van der Waals surface area contributed by atoms with Gasteiger partial charge in [0.25, 0.3) is 11.7 Å². The lowest BCUT2D eigenvalue weighted by atomic mass is 10.2. The highest BCUT2D eigenvalue weighted by molar-refractivity contribution is 7.14. The normalized spacial score (nSPS) is 12.7. The van der Waals surface area contributed by atoms with Gasteiger partial charge in [0.2, 0.25) is 0 Å². The first-order valence-corrected chi connectivity index (χ1v) is 11.1. The first-order chi connectivity index (χ1) is 14.7. The van der Waals surface area contributed by atoms with Crippen molar-refractivity contribution < 1.29 is 9.36 Å². The lowest BCUT2D eigenvalue weighted by molar-refractivity contribution is -0.690. The molecule has 0 atom stereocenters. The first-order valence-electron chi connectivity index (χ1n) is 9.86. The van der Waals surface area contributed by atoms with Crippen molar-refractivity contribution >= 4 is 34.0 Å². The van der Waals surface area contributed by atoms with Gasteiger partial charge in [0.15, 0.2) is 17.4 Å². The average Bonchev–Trinajstić information content (AvgIpc) is 3.48. The first kappa shape index (κ1) is 19.0. The number of thiazole rings is 1. The van der Waals surface area contributed by atoms with Crippen LogP contribution in [0.1, 0.15) is 12.2 Å². The lowest BCUT2D eigenvalue weighted by Crippen LogP contribution is -2.42. The van der Waals surface area contributed by atoms with E-state index in [1.807, 2.05) is 47.8 Å². The van der Waals surface area contributed by atoms with Crippen LogP contribution in [0.25, 0.3) is 22.5 Å². The third-order valence-corrected chi connectivity index (χ3v) is 6.28. The molecule has 0 saturated heterocycles. The maximum atomic E-state index is 12.7. The van der Waals surface area contributed by atoms with E-state index in [-0.39, 0.29) is 12.5 Å². The Morgan fingerprint density at radius 2 is 1.93 bits per heavy atom. The van der Waals surface area contributed by atoms with E-state index < -0.39 is 0 Å². The Bertz CT molecular complexity index is 1200. The zero-order chi connectivity index (χ0) is 20.5. The van der Waals surface area contributed by atoms with Gasteiger partial charge in [-0.15, -0.1) is 11.3 Å². The fourth-order valence-electron chi connectivity index (χ4n) is 3.88. The highest BCUT2D eigenvalue weighted by atomic mass is 35.5. The van der Waals surface area contributed by atoms with Crippen molar-refractivity contribution in [3.63, 3.8) is 0 Å². The molecule has 0 unspecified atom stereocenters. The molecular formula is C23H20ClN4OS+. The van der Waals surface area contributed by atoms with Crippen LogP contribution in [-0.2, 0) is 24.3 Å². The van der Waals surface area contributed by atoms with Crippen molar-refractivity contribution in [3.05, 3.63) is 77.0 Å². The van der Waals surface area contributed by atoms with Gasteiger partial charge in [0, 0.05) is 21.5 Å². The molecule has 1 aliphatic heterocycles. The van der Waals surface area contributed by atoms with Gasteiger partial charge < -0.3 is 0 Å². The molecule has 0 bridgehead atoms. The van der Waals surface area contributed by atoms with Gasteiger partial charge in [0.05, 0.1) is 18.7 Å². The molecule has 2 aromatic carbocycles. The Labute approximate surface area is 183 Å². The lowest BCUT2D eigenvalue weighted by Gasteiger charge is -2.01. The fraction of sp³-hybridized carbons (Fsp3) is 0.174. The smallest absolute Gasteiger partial charge is 0.268 e. The van der Waals surface area contributed by atoms with Crippen molar-refractivity contribution in [2.75, 3.05) is 5.32 Å². The van der Waals surface area contributed by atoms with Crippen molar-refractivity contribution in [2.24, 2.45) is 0 Å². The van der Waals surface area contributed by atoms with Crippen molar-refractivity contribution in [1.82, 2.24) is 9.55 Å². The topological polar surface area (TPSA) is 50.8 Å². The van der Waals surface area contributed by atoms with Gasteiger partial charge >= 0.3 is 0 Å². The SMILES string of the molecule is O=C(C[n+]1cc(-c2ccccc2)n2c1CCC2)Nc1nc(-c2ccc(Cl)cc2)cs1. The van der Waals surface area contributed by atoms with Gasteiger partial charge in [-0.1, -0.05) is 54.1 Å². The molecule has 5 rings (SSSR count). The summed E-state index contributed by atoms with van der Waals surface area (Å²) in [5.41, 5.74) is 4.14. The predicted molar refractivity (Wildman–Crippen MR) is 120 cm³/mol. The van der Waals surface area contributed by atoms with E-state index >= 15 is 0 Å². The van der Waals surface area contributed by atoms with Crippen molar-refractivity contribution in [1.29, 1.82) is 0 Å². The number of fused-ring (bicyclic) bond motifs is 1. The molecule has 1 N–H and O–H groups in total. The maximum Gasteiger partial charge on any atom is 0.268 e. The van der Waals surface area contributed by atoms with Gasteiger partial charge in [-0.2, -0.15) is 0 Å². The molecular weight excluding hydrogens is 416 g/mol. The molecule has 2 aromatic heterocycles. The zero-order valence-electron chi connectivity index (χ0n) is 16.2. The van der Waals surface area contributed by atoms with Crippen LogP contribution in [0.5, 0.6) is 0 Å². The number of aromatic nitrogens is 3. The van der Waals surface area contributed by atoms with Gasteiger partial charge in [0.1, 0.15) is 6.20 Å². The Hall–Kier alpha value is -2.96. The van der Waals surface area contributed by atoms with E-state index in [1.54, 1.807) is 0 Å². The molecule has 0 saturated carbocycles. The third kappa shape index (κ3) is 3.76. The largest absolute Gasteiger partial charge is 0.299 e. The van der Waals surface area contributed by atoms with Crippen LogP contribution in [0.15, 0.2) is 66.2 Å². The van der Waals surface area contributed by atoms with Crippen LogP contribution >= 0.6 is 22.9 Å². The van der Waals surface area contributed by atoms with Crippen LogP contribution in [0.2, 0.25) is 5.02 Å². The molecule has 0 aliphatic carbocycles. The number of imidazole rings is 1. The minimum Gasteiger partial charge on any atom is -0.299 e. The Morgan fingerprint density at radius 1 is 1.13 bits per heavy atom. The number of benzene rings is 2. The molecule has 7 heteroatoms. The van der Waals surface area contributed by atoms with Crippen LogP contribution in [0.3, 0.4) is 0 Å². The molecule has 1 aliphatic rings. The number of nitrogens with one attached hydrogen (secondary N) is 1. The van der Waals surface area contributed by atoms with Crippen LogP contribution in [-0.4, -0.2) is 15.5 Å². The second-order valence-corrected chi connectivity index (χ2v) is 8.57. The number of carbonyl (C=O) groups excluding carboxylic acids is 1. The van der Waals surface area contributed by atoms with Crippen LogP contribution < -0.4 is 9.88 Å². The van der Waals surface area contributed by atoms with Crippen LogP contribution in [0, 0.1) is 0 Å². The van der Waals surface area contributed by atoms with E-state index in [9.17, 15) is 4.79 Å². The summed E-state index contributed by atoms with van der Waals surface area (Å²) in [6.07, 6.45) is 4.18. The molecule has 5 nitrogen and oxygen atoms in total. The summed E-state index contributed by atoms with van der Waals surface area (Å²) in [6, 6.07) is 17.8. The summed E-state index contributed by atoms with van der Waals surface area (Å²) in [5, 5.41) is 6.18. The minimum absolute atomic E-state index is 0.0723. The average molecular weight is 436 g/mol. The number of amides is 1. The number of nitrogens with zero attached hydrogens (tertiary/aromatic N) is 3. The van der Waals surface area contributed by atoms with E-state index in [0.717, 1.165) is 36.3 Å². The Balaban J connectivity index is 1.33. The molecule has 30 heavy (non-hydrogen) atoms. The summed E-state index contributed by atoms with van der Waals surface area (Å²) in [7, 11) is 0. The van der Waals surface area contributed by atoms with E-state index in [1.165, 1.54) is 22.7 Å². The summed E-state index contributed by atoms with van der Waals surface area (Å²) < 4.78 is 4.39. The number of halogens is 1. The van der Waals surface area contributed by atoms with E-state index in [4.69, 9.17) is 11.6 Å². The minimum atomic E-state index is -0.0723. The molecule has 1 amide bonds. The molecule has 150 valence electrons. The second kappa shape index (κ2) is 8.05. The molecule has 4 aromatic rings. The number of carbonyl (C=O) groups is 1. The van der Waals surface area contributed by atoms with Gasteiger partial charge in [-0.05, 0) is 18.6 Å². The third-order valence-electron chi connectivity index (χ3n) is 5.27. The Morgan fingerprint density at radius 3 is 2.73 bits per heavy atom. The van der Waals surface area contributed by atoms with Crippen LogP contribution in [0.4, 0.5) is 5.13 Å². The monoisotopic (exact) mass is 435 g/mol. The standard InChI is InChI=1S/C23H19ClN4OS/c24-18-10-8-16(9-11-18)19-15-30-23(25-19)26-21(29)14-27-13-20(17-5-2-1-3-6-17)28-12-4-7-22(27)28/h1-3,5-6,8-11,13,15H,4,7,12,14H2/p+1. The summed E-state index contributed by atoms with van der Waals surface area (Å²) in [6.45, 7) is 1.27. The second-order valence-electron chi connectivity index (χ2n) is 7.27. The van der Waals surface area contributed by atoms with Gasteiger partial charge in [-0.25, -0.2) is 14.1 Å². The number of anilines is 1. The number of rotatable bonds is 5. The Kier molecular flexibility index (Phi) is 5.11. The molecule has 0 fully saturated rings. The highest BCUT2D eigenvalue weighted by Gasteiger charge is 2.29. The molecule has 3 heterocycles. The summed E-state index contributed by atoms with van der Waals surface area (Å²) >= 11 is 7.38.